The van der Waals surface area contributed by atoms with E-state index >= 15 is 0 Å². The summed E-state index contributed by atoms with van der Waals surface area (Å²) in [5.74, 6) is 1.20. The van der Waals surface area contributed by atoms with Crippen molar-refractivity contribution in [3.8, 4) is 17.1 Å². The summed E-state index contributed by atoms with van der Waals surface area (Å²) in [5, 5.41) is 12.7. The lowest BCUT2D eigenvalue weighted by Crippen LogP contribution is -1.96. The Kier molecular flexibility index (Phi) is 2.30. The minimum atomic E-state index is 0.440. The quantitative estimate of drug-likeness (QED) is 0.668. The van der Waals surface area contributed by atoms with Crippen LogP contribution in [0, 0.1) is 0 Å². The molecule has 0 amide bonds. The van der Waals surface area contributed by atoms with Crippen LogP contribution in [0.15, 0.2) is 18.2 Å². The predicted octanol–water partition coefficient (Wildman–Crippen LogP) is 1.03. The molecular weight excluding hydrogens is 252 g/mol. The Morgan fingerprint density at radius 3 is 2.89 bits per heavy atom. The molecule has 0 fully saturated rings. The number of methoxy groups -OCH3 is 1. The third-order valence-corrected chi connectivity index (χ3v) is 3.20. The summed E-state index contributed by atoms with van der Waals surface area (Å²) in [7, 11) is 1.58. The van der Waals surface area contributed by atoms with Gasteiger partial charge in [0.25, 0.3) is 0 Å². The van der Waals surface area contributed by atoms with Gasteiger partial charge in [-0.15, -0.1) is 15.3 Å². The molecule has 0 saturated heterocycles. The van der Waals surface area contributed by atoms with Gasteiger partial charge in [-0.1, -0.05) is 11.3 Å². The van der Waals surface area contributed by atoms with Crippen molar-refractivity contribution in [3.05, 3.63) is 18.2 Å². The fourth-order valence-corrected chi connectivity index (χ4v) is 2.30. The summed E-state index contributed by atoms with van der Waals surface area (Å²) in [6, 6.07) is 5.32. The first-order chi connectivity index (χ1) is 8.69. The van der Waals surface area contributed by atoms with Crippen LogP contribution < -0.4 is 16.2 Å². The van der Waals surface area contributed by atoms with Gasteiger partial charge in [0.15, 0.2) is 5.82 Å². The molecule has 18 heavy (non-hydrogen) atoms. The minimum absolute atomic E-state index is 0.440. The molecule has 92 valence electrons. The molecule has 0 atom stereocenters. The molecule has 8 heteroatoms. The molecule has 2 aromatic heterocycles. The van der Waals surface area contributed by atoms with Gasteiger partial charge in [0.05, 0.1) is 12.7 Å². The van der Waals surface area contributed by atoms with E-state index in [9.17, 15) is 0 Å². The molecule has 0 unspecified atom stereocenters. The fourth-order valence-electron chi connectivity index (χ4n) is 1.69. The summed E-state index contributed by atoms with van der Waals surface area (Å²) in [6.45, 7) is 0. The van der Waals surface area contributed by atoms with E-state index in [0.717, 1.165) is 5.56 Å². The molecule has 0 aliphatic carbocycles. The Hall–Kier alpha value is -2.35. The standard InChI is InChI=1S/C10H10N6OS/c1-17-7-4-5(11)2-3-6(7)8-13-14-10-16(8)15-9(12)18-10/h2-4H,11H2,1H3,(H2,12,15). The Labute approximate surface area is 106 Å². The first kappa shape index (κ1) is 10.8. The molecule has 3 rings (SSSR count). The number of fused-ring (bicyclic) bond motifs is 1. The van der Waals surface area contributed by atoms with Gasteiger partial charge in [-0.25, -0.2) is 0 Å². The molecular formula is C10H10N6OS. The van der Waals surface area contributed by atoms with Crippen molar-refractivity contribution >= 4 is 27.1 Å². The van der Waals surface area contributed by atoms with Crippen LogP contribution in [0.2, 0.25) is 0 Å². The highest BCUT2D eigenvalue weighted by Gasteiger charge is 2.16. The zero-order chi connectivity index (χ0) is 12.7. The monoisotopic (exact) mass is 262 g/mol. The van der Waals surface area contributed by atoms with E-state index in [2.05, 4.69) is 15.3 Å². The molecule has 0 radical (unpaired) electrons. The first-order valence-electron chi connectivity index (χ1n) is 5.10. The molecule has 2 heterocycles. The molecule has 4 N–H and O–H groups in total. The number of hydrogen-bond donors (Lipinski definition) is 2. The summed E-state index contributed by atoms with van der Waals surface area (Å²) >= 11 is 1.27. The zero-order valence-corrected chi connectivity index (χ0v) is 10.3. The van der Waals surface area contributed by atoms with Crippen LogP contribution in [-0.2, 0) is 0 Å². The van der Waals surface area contributed by atoms with Crippen LogP contribution in [-0.4, -0.2) is 26.9 Å². The van der Waals surface area contributed by atoms with E-state index in [0.29, 0.717) is 27.4 Å². The molecule has 0 saturated carbocycles. The maximum Gasteiger partial charge on any atom is 0.236 e. The number of benzene rings is 1. The maximum atomic E-state index is 5.72. The van der Waals surface area contributed by atoms with Gasteiger partial charge in [-0.2, -0.15) is 4.52 Å². The van der Waals surface area contributed by atoms with Gasteiger partial charge in [0, 0.05) is 11.8 Å². The molecule has 0 aliphatic rings. The van der Waals surface area contributed by atoms with Crippen LogP contribution in [0.25, 0.3) is 16.3 Å². The van der Waals surface area contributed by atoms with Gasteiger partial charge in [-0.05, 0) is 12.1 Å². The molecule has 0 aliphatic heterocycles. The number of ether oxygens (including phenoxy) is 1. The maximum absolute atomic E-state index is 5.72. The Balaban J connectivity index is 2.25. The average Bonchev–Trinajstić information content (AvgIpc) is 2.88. The Morgan fingerprint density at radius 1 is 1.28 bits per heavy atom. The third kappa shape index (κ3) is 1.54. The van der Waals surface area contributed by atoms with Crippen molar-refractivity contribution in [2.24, 2.45) is 0 Å². The highest BCUT2D eigenvalue weighted by molar-refractivity contribution is 7.20. The normalized spacial score (nSPS) is 10.9. The fraction of sp³-hybridized carbons (Fsp3) is 0.100. The number of rotatable bonds is 2. The lowest BCUT2D eigenvalue weighted by Gasteiger charge is -2.06. The zero-order valence-electron chi connectivity index (χ0n) is 9.49. The van der Waals surface area contributed by atoms with Crippen LogP contribution in [0.1, 0.15) is 0 Å². The van der Waals surface area contributed by atoms with E-state index in [1.165, 1.54) is 11.3 Å². The Morgan fingerprint density at radius 2 is 2.11 bits per heavy atom. The van der Waals surface area contributed by atoms with Gasteiger partial charge < -0.3 is 16.2 Å². The van der Waals surface area contributed by atoms with Crippen molar-refractivity contribution in [1.29, 1.82) is 0 Å². The smallest absolute Gasteiger partial charge is 0.236 e. The largest absolute Gasteiger partial charge is 0.496 e. The van der Waals surface area contributed by atoms with E-state index in [-0.39, 0.29) is 0 Å². The highest BCUT2D eigenvalue weighted by Crippen LogP contribution is 2.31. The molecule has 7 nitrogen and oxygen atoms in total. The molecule has 1 aromatic carbocycles. The lowest BCUT2D eigenvalue weighted by molar-refractivity contribution is 0.416. The van der Waals surface area contributed by atoms with E-state index in [4.69, 9.17) is 16.2 Å². The van der Waals surface area contributed by atoms with E-state index in [1.807, 2.05) is 6.07 Å². The molecule has 3 aromatic rings. The summed E-state index contributed by atoms with van der Waals surface area (Å²) in [4.78, 5) is 0.640. The topological polar surface area (TPSA) is 104 Å². The van der Waals surface area contributed by atoms with Gasteiger partial charge in [0.1, 0.15) is 5.75 Å². The number of nitrogens with two attached hydrogens (primary N) is 2. The van der Waals surface area contributed by atoms with Gasteiger partial charge >= 0.3 is 0 Å². The van der Waals surface area contributed by atoms with Gasteiger partial charge in [-0.3, -0.25) is 0 Å². The number of hydrogen-bond acceptors (Lipinski definition) is 7. The van der Waals surface area contributed by atoms with Crippen LogP contribution in [0.4, 0.5) is 10.8 Å². The second-order valence-electron chi connectivity index (χ2n) is 3.62. The lowest BCUT2D eigenvalue weighted by atomic mass is 10.1. The first-order valence-corrected chi connectivity index (χ1v) is 5.92. The van der Waals surface area contributed by atoms with E-state index in [1.54, 1.807) is 23.8 Å². The van der Waals surface area contributed by atoms with Crippen molar-refractivity contribution in [3.63, 3.8) is 0 Å². The van der Waals surface area contributed by atoms with Crippen LogP contribution >= 0.6 is 11.3 Å². The summed E-state index contributed by atoms with van der Waals surface area (Å²) in [6.07, 6.45) is 0. The summed E-state index contributed by atoms with van der Waals surface area (Å²) < 4.78 is 6.88. The number of nitrogens with zero attached hydrogens (tertiary/aromatic N) is 4. The number of anilines is 2. The SMILES string of the molecule is COc1cc(N)ccc1-c1nnc2sc(N)nn12. The molecule has 0 spiro atoms. The van der Waals surface area contributed by atoms with Crippen molar-refractivity contribution in [2.45, 2.75) is 0 Å². The number of aromatic nitrogens is 4. The van der Waals surface area contributed by atoms with E-state index < -0.39 is 0 Å². The van der Waals surface area contributed by atoms with Crippen molar-refractivity contribution in [2.75, 3.05) is 18.6 Å². The van der Waals surface area contributed by atoms with Crippen LogP contribution in [0.5, 0.6) is 5.75 Å². The van der Waals surface area contributed by atoms with Crippen LogP contribution in [0.3, 0.4) is 0 Å². The van der Waals surface area contributed by atoms with Crippen molar-refractivity contribution < 1.29 is 4.74 Å². The second kappa shape index (κ2) is 3.84. The van der Waals surface area contributed by atoms with Crippen molar-refractivity contribution in [1.82, 2.24) is 19.8 Å². The number of nitrogen functional groups attached to an aromatic ring is 2. The summed E-state index contributed by atoms with van der Waals surface area (Å²) in [5.41, 5.74) is 12.7. The minimum Gasteiger partial charge on any atom is -0.496 e. The average molecular weight is 262 g/mol. The molecule has 0 bridgehead atoms. The second-order valence-corrected chi connectivity index (χ2v) is 4.61. The third-order valence-electron chi connectivity index (χ3n) is 2.47. The van der Waals surface area contributed by atoms with Gasteiger partial charge in [0.2, 0.25) is 10.1 Å². The Bertz CT molecular complexity index is 718. The predicted molar refractivity (Wildman–Crippen MR) is 69.5 cm³/mol. The highest BCUT2D eigenvalue weighted by atomic mass is 32.1.